The van der Waals surface area contributed by atoms with E-state index in [2.05, 4.69) is 0 Å². The Labute approximate surface area is 174 Å². The van der Waals surface area contributed by atoms with Crippen LogP contribution in [-0.2, 0) is 23.8 Å². The van der Waals surface area contributed by atoms with Crippen molar-refractivity contribution in [3.8, 4) is 0 Å². The molecule has 2 amide bonds. The van der Waals surface area contributed by atoms with Crippen LogP contribution in [0.25, 0.3) is 0 Å². The van der Waals surface area contributed by atoms with E-state index in [0.717, 1.165) is 10.5 Å². The molecule has 3 rings (SSSR count). The molecule has 30 heavy (non-hydrogen) atoms. The van der Waals surface area contributed by atoms with Gasteiger partial charge in [0.05, 0.1) is 25.7 Å². The number of rotatable bonds is 8. The van der Waals surface area contributed by atoms with Gasteiger partial charge in [-0.1, -0.05) is 30.3 Å². The predicted octanol–water partition coefficient (Wildman–Crippen LogP) is 2.15. The van der Waals surface area contributed by atoms with Gasteiger partial charge < -0.3 is 19.3 Å². The third kappa shape index (κ3) is 4.95. The largest absolute Gasteiger partial charge is 0.482 e. The van der Waals surface area contributed by atoms with Crippen LogP contribution in [0.4, 0.5) is 4.79 Å². The zero-order chi connectivity index (χ0) is 21.5. The summed E-state index contributed by atoms with van der Waals surface area (Å²) < 4.78 is 16.0. The molecule has 1 saturated heterocycles. The molecule has 2 aliphatic rings. The lowest BCUT2D eigenvalue weighted by Gasteiger charge is -2.29. The van der Waals surface area contributed by atoms with E-state index in [1.165, 1.54) is 6.08 Å². The van der Waals surface area contributed by atoms with Crippen LogP contribution in [0.3, 0.4) is 0 Å². The number of hydrogen-bond acceptors (Lipinski definition) is 7. The fourth-order valence-electron chi connectivity index (χ4n) is 3.35. The van der Waals surface area contributed by atoms with Gasteiger partial charge in [0.2, 0.25) is 5.91 Å². The van der Waals surface area contributed by atoms with Gasteiger partial charge in [-0.2, -0.15) is 0 Å². The summed E-state index contributed by atoms with van der Waals surface area (Å²) in [5.74, 6) is -1.29. The molecule has 0 saturated carbocycles. The number of amides is 2. The highest BCUT2D eigenvalue weighted by atomic mass is 16.6. The first-order chi connectivity index (χ1) is 14.5. The van der Waals surface area contributed by atoms with E-state index in [-0.39, 0.29) is 25.6 Å². The third-order valence-electron chi connectivity index (χ3n) is 4.94. The monoisotopic (exact) mass is 415 g/mol. The molecule has 3 atom stereocenters. The fraction of sp³-hybridized carbons (Fsp3) is 0.409. The number of aliphatic hydroxyl groups is 1. The van der Waals surface area contributed by atoms with Crippen molar-refractivity contribution >= 4 is 17.8 Å². The number of aliphatic hydroxyl groups excluding tert-OH is 1. The summed E-state index contributed by atoms with van der Waals surface area (Å²) in [5.41, 5.74) is 0.781. The first kappa shape index (κ1) is 21.7. The van der Waals surface area contributed by atoms with E-state index in [1.54, 1.807) is 19.1 Å². The minimum Gasteiger partial charge on any atom is -0.482 e. The molecule has 1 aromatic rings. The maximum Gasteiger partial charge on any atom is 0.417 e. The molecule has 0 radical (unpaired) electrons. The van der Waals surface area contributed by atoms with Gasteiger partial charge in [-0.15, -0.1) is 0 Å². The van der Waals surface area contributed by atoms with Crippen molar-refractivity contribution in [3.63, 3.8) is 0 Å². The molecule has 160 valence electrons. The molecular formula is C22H25NO7. The minimum atomic E-state index is -1.03. The summed E-state index contributed by atoms with van der Waals surface area (Å²) in [6.07, 6.45) is 3.43. The van der Waals surface area contributed by atoms with Gasteiger partial charge in [-0.25, -0.2) is 9.69 Å². The highest BCUT2D eigenvalue weighted by Crippen LogP contribution is 2.31. The van der Waals surface area contributed by atoms with Crippen LogP contribution in [0, 0.1) is 5.92 Å². The van der Waals surface area contributed by atoms with Gasteiger partial charge in [0.25, 0.3) is 0 Å². The second-order valence-electron chi connectivity index (χ2n) is 7.01. The highest BCUT2D eigenvalue weighted by Gasteiger charge is 2.44. The first-order valence-electron chi connectivity index (χ1n) is 9.85. The van der Waals surface area contributed by atoms with Crippen molar-refractivity contribution in [2.45, 2.75) is 25.5 Å². The minimum absolute atomic E-state index is 0.0495. The van der Waals surface area contributed by atoms with E-state index in [4.69, 9.17) is 19.3 Å². The number of ketones is 1. The number of benzene rings is 1. The summed E-state index contributed by atoms with van der Waals surface area (Å²) >= 11 is 0. The fourth-order valence-corrected chi connectivity index (χ4v) is 3.35. The molecule has 0 spiro atoms. The number of nitrogens with zero attached hydrogens (tertiary/aromatic N) is 1. The smallest absolute Gasteiger partial charge is 0.417 e. The van der Waals surface area contributed by atoms with E-state index in [0.29, 0.717) is 18.8 Å². The predicted molar refractivity (Wildman–Crippen MR) is 106 cm³/mol. The standard InChI is InChI=1S/C22H25NO7/c1-15(20-19(25)10-9-17(30-20)8-5-12-28-13-11-24)21(26)23-18(14-29-22(23)27)16-6-3-2-4-7-16/h2-4,6-10,15,18,20,24H,5,11-14H2,1H3/t15-,18+,20+/m1/s1. The quantitative estimate of drug-likeness (QED) is 0.649. The summed E-state index contributed by atoms with van der Waals surface area (Å²) in [6, 6.07) is 8.60. The normalized spacial score (nSPS) is 23.4. The Morgan fingerprint density at radius 1 is 1.27 bits per heavy atom. The van der Waals surface area contributed by atoms with Crippen molar-refractivity contribution in [2.24, 2.45) is 5.92 Å². The third-order valence-corrected chi connectivity index (χ3v) is 4.94. The van der Waals surface area contributed by atoms with E-state index >= 15 is 0 Å². The molecule has 2 heterocycles. The molecule has 1 aromatic carbocycles. The average Bonchev–Trinajstić information content (AvgIpc) is 3.15. The first-order valence-corrected chi connectivity index (χ1v) is 9.85. The SMILES string of the molecule is C[C@@H](C(=O)N1C(=O)OC[C@H]1c1ccccc1)[C@@H]1OC(=CCCOCCO)C=CC1=O. The van der Waals surface area contributed by atoms with Gasteiger partial charge in [-0.05, 0) is 37.1 Å². The lowest BCUT2D eigenvalue weighted by atomic mass is 9.96. The zero-order valence-electron chi connectivity index (χ0n) is 16.7. The Morgan fingerprint density at radius 2 is 2.03 bits per heavy atom. The number of imide groups is 1. The van der Waals surface area contributed by atoms with Crippen LogP contribution in [-0.4, -0.2) is 60.3 Å². The topological polar surface area (TPSA) is 102 Å². The molecular weight excluding hydrogens is 390 g/mol. The number of allylic oxidation sites excluding steroid dienone is 1. The van der Waals surface area contributed by atoms with Gasteiger partial charge in [0.1, 0.15) is 18.4 Å². The Morgan fingerprint density at radius 3 is 2.77 bits per heavy atom. The molecule has 2 aliphatic heterocycles. The van der Waals surface area contributed by atoms with Crippen molar-refractivity contribution < 1.29 is 33.7 Å². The van der Waals surface area contributed by atoms with E-state index < -0.39 is 30.1 Å². The Balaban J connectivity index is 1.69. The maximum absolute atomic E-state index is 13.1. The van der Waals surface area contributed by atoms with Gasteiger partial charge >= 0.3 is 6.09 Å². The van der Waals surface area contributed by atoms with Crippen LogP contribution < -0.4 is 0 Å². The molecule has 0 aromatic heterocycles. The molecule has 0 bridgehead atoms. The molecule has 8 nitrogen and oxygen atoms in total. The molecule has 8 heteroatoms. The summed E-state index contributed by atoms with van der Waals surface area (Å²) in [4.78, 5) is 38.8. The van der Waals surface area contributed by atoms with Gasteiger partial charge in [0.15, 0.2) is 11.9 Å². The number of carbonyl (C=O) groups is 3. The molecule has 0 unspecified atom stereocenters. The molecule has 1 N–H and O–H groups in total. The number of carbonyl (C=O) groups excluding carboxylic acids is 3. The van der Waals surface area contributed by atoms with Crippen LogP contribution in [0.15, 0.2) is 54.3 Å². The second-order valence-corrected chi connectivity index (χ2v) is 7.01. The van der Waals surface area contributed by atoms with Gasteiger partial charge in [-0.3, -0.25) is 9.59 Å². The van der Waals surface area contributed by atoms with Crippen LogP contribution in [0.1, 0.15) is 24.9 Å². The van der Waals surface area contributed by atoms with Crippen LogP contribution in [0.2, 0.25) is 0 Å². The van der Waals surface area contributed by atoms with Gasteiger partial charge in [0, 0.05) is 0 Å². The van der Waals surface area contributed by atoms with Crippen molar-refractivity contribution in [1.29, 1.82) is 0 Å². The summed E-state index contributed by atoms with van der Waals surface area (Å²) in [6.45, 7) is 2.24. The Kier molecular flexibility index (Phi) is 7.37. The van der Waals surface area contributed by atoms with Crippen LogP contribution in [0.5, 0.6) is 0 Å². The van der Waals surface area contributed by atoms with E-state index in [9.17, 15) is 14.4 Å². The Bertz CT molecular complexity index is 833. The maximum atomic E-state index is 13.1. The molecule has 1 fully saturated rings. The number of hydrogen-bond donors (Lipinski definition) is 1. The summed E-state index contributed by atoms with van der Waals surface area (Å²) in [5, 5.41) is 8.71. The summed E-state index contributed by atoms with van der Waals surface area (Å²) in [7, 11) is 0. The van der Waals surface area contributed by atoms with Crippen LogP contribution >= 0.6 is 0 Å². The van der Waals surface area contributed by atoms with Crippen molar-refractivity contribution in [2.75, 3.05) is 26.4 Å². The van der Waals surface area contributed by atoms with Crippen molar-refractivity contribution in [1.82, 2.24) is 4.90 Å². The molecule has 0 aliphatic carbocycles. The average molecular weight is 415 g/mol. The van der Waals surface area contributed by atoms with Crippen molar-refractivity contribution in [3.05, 3.63) is 59.9 Å². The zero-order valence-corrected chi connectivity index (χ0v) is 16.7. The number of ether oxygens (including phenoxy) is 3. The lowest BCUT2D eigenvalue weighted by Crippen LogP contribution is -2.45. The highest BCUT2D eigenvalue weighted by molar-refractivity contribution is 6.01. The Hall–Kier alpha value is -2.97. The van der Waals surface area contributed by atoms with E-state index in [1.807, 2.05) is 30.3 Å². The number of cyclic esters (lactones) is 1. The second kappa shape index (κ2) is 10.2. The lowest BCUT2D eigenvalue weighted by molar-refractivity contribution is -0.142.